The Morgan fingerprint density at radius 1 is 0.735 bits per heavy atom. The Labute approximate surface area is 209 Å². The van der Waals surface area contributed by atoms with Crippen molar-refractivity contribution in [2.24, 2.45) is 17.8 Å². The number of carbonyl (C=O) groups excluding carboxylic acids is 2. The highest BCUT2D eigenvalue weighted by Gasteiger charge is 2.22. The number of carbonyl (C=O) groups is 2. The maximum Gasteiger partial charge on any atom is 0.311 e. The van der Waals surface area contributed by atoms with Gasteiger partial charge in [0.05, 0.1) is 24.7 Å². The lowest BCUT2D eigenvalue weighted by atomic mass is 9.97. The van der Waals surface area contributed by atoms with Crippen LogP contribution >= 0.6 is 0 Å². The van der Waals surface area contributed by atoms with E-state index in [0.717, 1.165) is 38.7 Å². The summed E-state index contributed by atoms with van der Waals surface area (Å²) in [4.78, 5) is 24.3. The lowest BCUT2D eigenvalue weighted by Gasteiger charge is -2.22. The number of esters is 2. The van der Waals surface area contributed by atoms with Crippen LogP contribution < -0.4 is 0 Å². The highest BCUT2D eigenvalue weighted by Crippen LogP contribution is 2.20. The van der Waals surface area contributed by atoms with Gasteiger partial charge in [-0.1, -0.05) is 47.0 Å². The Balaban J connectivity index is 4.21. The van der Waals surface area contributed by atoms with Gasteiger partial charge in [0.1, 0.15) is 0 Å². The minimum atomic E-state index is -0.556. The Bertz CT molecular complexity index is 519. The third-order valence-corrected chi connectivity index (χ3v) is 6.14. The molecule has 0 amide bonds. The number of hydrogen-bond acceptors (Lipinski definition) is 6. The molecule has 202 valence electrons. The van der Waals surface area contributed by atoms with Crippen molar-refractivity contribution in [3.05, 3.63) is 0 Å². The molecule has 0 heterocycles. The SMILES string of the molecule is CCCC(CCCCOC(C)OC(=O)C(CCC)CCCC(=O)OC(C)C)COC(C)C(C)C. The molecular formula is C28H54O6. The Kier molecular flexibility index (Phi) is 19.4. The summed E-state index contributed by atoms with van der Waals surface area (Å²) in [5, 5.41) is 0. The molecule has 0 aliphatic carbocycles. The van der Waals surface area contributed by atoms with Gasteiger partial charge in [-0.3, -0.25) is 9.59 Å². The molecule has 4 atom stereocenters. The van der Waals surface area contributed by atoms with Gasteiger partial charge in [-0.05, 0) is 78.1 Å². The first-order chi connectivity index (χ1) is 16.1. The molecule has 6 nitrogen and oxygen atoms in total. The molecule has 0 rings (SSSR count). The maximum absolute atomic E-state index is 12.6. The van der Waals surface area contributed by atoms with Crippen molar-refractivity contribution in [1.29, 1.82) is 0 Å². The average molecular weight is 487 g/mol. The quantitative estimate of drug-likeness (QED) is 0.0981. The number of hydrogen-bond donors (Lipinski definition) is 0. The molecule has 4 unspecified atom stereocenters. The minimum Gasteiger partial charge on any atom is -0.463 e. The molecule has 0 saturated heterocycles. The summed E-state index contributed by atoms with van der Waals surface area (Å²) in [5.41, 5.74) is 0. The summed E-state index contributed by atoms with van der Waals surface area (Å²) in [7, 11) is 0. The second kappa shape index (κ2) is 20.1. The predicted octanol–water partition coefficient (Wildman–Crippen LogP) is 7.08. The van der Waals surface area contributed by atoms with Crippen molar-refractivity contribution in [1.82, 2.24) is 0 Å². The molecule has 0 aliphatic rings. The highest BCUT2D eigenvalue weighted by atomic mass is 16.7. The fraction of sp³-hybridized carbons (Fsp3) is 0.929. The van der Waals surface area contributed by atoms with Gasteiger partial charge >= 0.3 is 11.9 Å². The van der Waals surface area contributed by atoms with Crippen LogP contribution in [0.5, 0.6) is 0 Å². The summed E-state index contributed by atoms with van der Waals surface area (Å²) in [6.07, 6.45) is 8.37. The molecule has 0 aromatic rings. The lowest BCUT2D eigenvalue weighted by molar-refractivity contribution is -0.180. The van der Waals surface area contributed by atoms with Gasteiger partial charge in [0, 0.05) is 13.0 Å². The zero-order valence-corrected chi connectivity index (χ0v) is 23.4. The monoisotopic (exact) mass is 486 g/mol. The Morgan fingerprint density at radius 3 is 2.00 bits per heavy atom. The fourth-order valence-corrected chi connectivity index (χ4v) is 3.82. The van der Waals surface area contributed by atoms with E-state index in [1.54, 1.807) is 6.92 Å². The molecule has 0 bridgehead atoms. The van der Waals surface area contributed by atoms with E-state index >= 15 is 0 Å². The van der Waals surface area contributed by atoms with E-state index in [2.05, 4.69) is 27.7 Å². The highest BCUT2D eigenvalue weighted by molar-refractivity contribution is 5.73. The van der Waals surface area contributed by atoms with Crippen molar-refractivity contribution in [2.75, 3.05) is 13.2 Å². The molecular weight excluding hydrogens is 432 g/mol. The molecule has 34 heavy (non-hydrogen) atoms. The van der Waals surface area contributed by atoms with E-state index in [1.165, 1.54) is 12.8 Å². The summed E-state index contributed by atoms with van der Waals surface area (Å²) in [6.45, 7) is 17.7. The van der Waals surface area contributed by atoms with E-state index in [0.29, 0.717) is 43.8 Å². The van der Waals surface area contributed by atoms with E-state index in [4.69, 9.17) is 18.9 Å². The zero-order chi connectivity index (χ0) is 25.9. The van der Waals surface area contributed by atoms with E-state index in [-0.39, 0.29) is 24.0 Å². The van der Waals surface area contributed by atoms with Gasteiger partial charge in [0.25, 0.3) is 0 Å². The number of ether oxygens (including phenoxy) is 4. The summed E-state index contributed by atoms with van der Waals surface area (Å²) in [5.74, 6) is 0.488. The van der Waals surface area contributed by atoms with Crippen molar-refractivity contribution in [3.63, 3.8) is 0 Å². The van der Waals surface area contributed by atoms with Gasteiger partial charge < -0.3 is 18.9 Å². The molecule has 0 fully saturated rings. The largest absolute Gasteiger partial charge is 0.463 e. The van der Waals surface area contributed by atoms with Crippen LogP contribution in [-0.2, 0) is 28.5 Å². The smallest absolute Gasteiger partial charge is 0.311 e. The second-order valence-electron chi connectivity index (χ2n) is 10.2. The van der Waals surface area contributed by atoms with Crippen LogP contribution in [0.15, 0.2) is 0 Å². The number of rotatable bonds is 21. The molecule has 0 spiro atoms. The standard InChI is InChI=1S/C28H54O6/c1-9-14-25(20-32-23(7)21(3)4)16-11-12-19-31-24(8)34-28(30)26(15-10-2)17-13-18-27(29)33-22(5)6/h21-26H,9-20H2,1-8H3. The fourth-order valence-electron chi connectivity index (χ4n) is 3.82. The molecule has 0 aliphatic heterocycles. The van der Waals surface area contributed by atoms with Crippen LogP contribution in [0.4, 0.5) is 0 Å². The zero-order valence-electron chi connectivity index (χ0n) is 23.4. The molecule has 0 N–H and O–H groups in total. The Hall–Kier alpha value is -1.14. The molecule has 0 aromatic heterocycles. The van der Waals surface area contributed by atoms with Crippen LogP contribution in [0, 0.1) is 17.8 Å². The van der Waals surface area contributed by atoms with Crippen molar-refractivity contribution >= 4 is 11.9 Å². The van der Waals surface area contributed by atoms with Crippen LogP contribution in [0.3, 0.4) is 0 Å². The summed E-state index contributed by atoms with van der Waals surface area (Å²) in [6, 6.07) is 0. The third-order valence-electron chi connectivity index (χ3n) is 6.14. The van der Waals surface area contributed by atoms with Crippen molar-refractivity contribution in [2.45, 2.75) is 138 Å². The molecule has 6 heteroatoms. The topological polar surface area (TPSA) is 71.1 Å². The van der Waals surface area contributed by atoms with Crippen LogP contribution in [0.25, 0.3) is 0 Å². The lowest BCUT2D eigenvalue weighted by Crippen LogP contribution is -2.25. The van der Waals surface area contributed by atoms with Crippen LogP contribution in [-0.4, -0.2) is 43.7 Å². The predicted molar refractivity (Wildman–Crippen MR) is 137 cm³/mol. The summed E-state index contributed by atoms with van der Waals surface area (Å²) < 4.78 is 22.5. The summed E-state index contributed by atoms with van der Waals surface area (Å²) >= 11 is 0. The minimum absolute atomic E-state index is 0.110. The van der Waals surface area contributed by atoms with Gasteiger partial charge in [-0.15, -0.1) is 0 Å². The number of unbranched alkanes of at least 4 members (excludes halogenated alkanes) is 1. The van der Waals surface area contributed by atoms with E-state index < -0.39 is 6.29 Å². The van der Waals surface area contributed by atoms with Gasteiger partial charge in [-0.2, -0.15) is 0 Å². The van der Waals surface area contributed by atoms with Gasteiger partial charge in [-0.25, -0.2) is 0 Å². The van der Waals surface area contributed by atoms with Gasteiger partial charge in [0.15, 0.2) is 6.29 Å². The maximum atomic E-state index is 12.6. The first-order valence-electron chi connectivity index (χ1n) is 13.7. The second-order valence-corrected chi connectivity index (χ2v) is 10.2. The molecule has 0 aromatic carbocycles. The van der Waals surface area contributed by atoms with Gasteiger partial charge in [0.2, 0.25) is 0 Å². The first kappa shape index (κ1) is 32.9. The van der Waals surface area contributed by atoms with E-state index in [9.17, 15) is 9.59 Å². The molecule has 0 radical (unpaired) electrons. The van der Waals surface area contributed by atoms with Crippen molar-refractivity contribution in [3.8, 4) is 0 Å². The molecule has 0 saturated carbocycles. The average Bonchev–Trinajstić information content (AvgIpc) is 2.75. The van der Waals surface area contributed by atoms with Crippen molar-refractivity contribution < 1.29 is 28.5 Å². The first-order valence-corrected chi connectivity index (χ1v) is 13.7. The van der Waals surface area contributed by atoms with E-state index in [1.807, 2.05) is 20.8 Å². The van der Waals surface area contributed by atoms with Crippen LogP contribution in [0.2, 0.25) is 0 Å². The normalized spacial score (nSPS) is 15.2. The van der Waals surface area contributed by atoms with Crippen LogP contribution in [0.1, 0.15) is 120 Å². The Morgan fingerprint density at radius 2 is 1.41 bits per heavy atom. The third kappa shape index (κ3) is 17.3.